The molecule has 4 heteroatoms. The first-order valence-electron chi connectivity index (χ1n) is 6.08. The van der Waals surface area contributed by atoms with Gasteiger partial charge in [0.25, 0.3) is 0 Å². The molecule has 2 rings (SSSR count). The van der Waals surface area contributed by atoms with Crippen LogP contribution in [0.5, 0.6) is 5.75 Å². The number of nitrogens with one attached hydrogen (secondary N) is 1. The van der Waals surface area contributed by atoms with Gasteiger partial charge in [-0.25, -0.2) is 0 Å². The molecule has 0 aliphatic rings. The molecule has 2 aromatic carbocycles. The van der Waals surface area contributed by atoms with Crippen molar-refractivity contribution in [1.82, 2.24) is 5.32 Å². The highest BCUT2D eigenvalue weighted by molar-refractivity contribution is 6.32. The van der Waals surface area contributed by atoms with Crippen LogP contribution in [0.25, 0.3) is 0 Å². The maximum Gasteiger partial charge on any atom is 0.134 e. The third-order valence-corrected chi connectivity index (χ3v) is 3.40. The lowest BCUT2D eigenvalue weighted by Crippen LogP contribution is -2.16. The van der Waals surface area contributed by atoms with E-state index < -0.39 is 0 Å². The highest BCUT2D eigenvalue weighted by Crippen LogP contribution is 2.23. The van der Waals surface area contributed by atoms with Gasteiger partial charge in [-0.15, -0.1) is 0 Å². The molecule has 0 aliphatic heterocycles. The van der Waals surface area contributed by atoms with Crippen molar-refractivity contribution in [2.24, 2.45) is 0 Å². The number of hydrogen-bond acceptors (Lipinski definition) is 2. The predicted molar refractivity (Wildman–Crippen MR) is 80.0 cm³/mol. The zero-order valence-corrected chi connectivity index (χ0v) is 11.9. The fourth-order valence-corrected chi connectivity index (χ4v) is 2.11. The van der Waals surface area contributed by atoms with E-state index in [4.69, 9.17) is 23.2 Å². The summed E-state index contributed by atoms with van der Waals surface area (Å²) in [5.41, 5.74) is 2.31. The average molecular weight is 296 g/mol. The quantitative estimate of drug-likeness (QED) is 0.816. The zero-order chi connectivity index (χ0) is 13.7. The number of rotatable bonds is 5. The van der Waals surface area contributed by atoms with Crippen LogP contribution in [0.2, 0.25) is 10.0 Å². The fraction of sp³-hybridized carbons (Fsp3) is 0.200. The van der Waals surface area contributed by atoms with Gasteiger partial charge in [0.2, 0.25) is 0 Å². The zero-order valence-electron chi connectivity index (χ0n) is 10.4. The summed E-state index contributed by atoms with van der Waals surface area (Å²) in [6.07, 6.45) is 0.947. The van der Waals surface area contributed by atoms with Gasteiger partial charge in [0.05, 0.1) is 5.02 Å². The molecule has 19 heavy (non-hydrogen) atoms. The lowest BCUT2D eigenvalue weighted by molar-refractivity contribution is 0.475. The van der Waals surface area contributed by atoms with Crippen molar-refractivity contribution in [2.75, 3.05) is 6.54 Å². The molecule has 0 amide bonds. The van der Waals surface area contributed by atoms with Crippen molar-refractivity contribution in [3.63, 3.8) is 0 Å². The first-order valence-corrected chi connectivity index (χ1v) is 6.83. The van der Waals surface area contributed by atoms with Crippen molar-refractivity contribution in [1.29, 1.82) is 0 Å². The first-order chi connectivity index (χ1) is 9.15. The molecular weight excluding hydrogens is 281 g/mol. The second kappa shape index (κ2) is 6.80. The van der Waals surface area contributed by atoms with Gasteiger partial charge >= 0.3 is 0 Å². The second-order valence-electron chi connectivity index (χ2n) is 4.34. The smallest absolute Gasteiger partial charge is 0.134 e. The van der Waals surface area contributed by atoms with E-state index in [0.717, 1.165) is 30.1 Å². The van der Waals surface area contributed by atoms with Crippen LogP contribution in [-0.2, 0) is 13.0 Å². The number of phenolic OH excluding ortho intramolecular Hbond substituents is 1. The summed E-state index contributed by atoms with van der Waals surface area (Å²) >= 11 is 11.7. The maximum absolute atomic E-state index is 9.32. The SMILES string of the molecule is Oc1ccc(CNCCc2ccc(Cl)cc2)cc1Cl. The molecule has 0 saturated heterocycles. The number of aromatic hydroxyl groups is 1. The Morgan fingerprint density at radius 1 is 0.947 bits per heavy atom. The van der Waals surface area contributed by atoms with E-state index in [1.165, 1.54) is 5.56 Å². The number of hydrogen-bond donors (Lipinski definition) is 2. The Kier molecular flexibility index (Phi) is 5.08. The molecule has 0 heterocycles. The van der Waals surface area contributed by atoms with Crippen molar-refractivity contribution in [2.45, 2.75) is 13.0 Å². The molecule has 2 nitrogen and oxygen atoms in total. The Bertz CT molecular complexity index is 540. The van der Waals surface area contributed by atoms with Gasteiger partial charge in [-0.05, 0) is 48.4 Å². The van der Waals surface area contributed by atoms with Crippen LogP contribution in [0.1, 0.15) is 11.1 Å². The molecule has 0 saturated carbocycles. The molecule has 0 aromatic heterocycles. The van der Waals surface area contributed by atoms with Gasteiger partial charge < -0.3 is 10.4 Å². The minimum Gasteiger partial charge on any atom is -0.506 e. The maximum atomic E-state index is 9.32. The van der Waals surface area contributed by atoms with Gasteiger partial charge in [-0.2, -0.15) is 0 Å². The normalized spacial score (nSPS) is 10.6. The van der Waals surface area contributed by atoms with E-state index in [1.807, 2.05) is 30.3 Å². The van der Waals surface area contributed by atoms with E-state index in [0.29, 0.717) is 5.02 Å². The molecule has 0 fully saturated rings. The predicted octanol–water partition coefficient (Wildman–Crippen LogP) is 4.03. The minimum atomic E-state index is 0.117. The Labute approximate surface area is 123 Å². The molecule has 2 N–H and O–H groups in total. The lowest BCUT2D eigenvalue weighted by Gasteiger charge is -2.06. The summed E-state index contributed by atoms with van der Waals surface area (Å²) in [6, 6.07) is 13.1. The van der Waals surface area contributed by atoms with E-state index in [1.54, 1.807) is 12.1 Å². The van der Waals surface area contributed by atoms with Crippen LogP contribution < -0.4 is 5.32 Å². The summed E-state index contributed by atoms with van der Waals surface area (Å²) in [4.78, 5) is 0. The molecular formula is C15H15Cl2NO. The molecule has 100 valence electrons. The third kappa shape index (κ3) is 4.43. The number of phenols is 1. The molecule has 2 aromatic rings. The van der Waals surface area contributed by atoms with Crippen LogP contribution in [0.4, 0.5) is 0 Å². The van der Waals surface area contributed by atoms with Crippen molar-refractivity contribution in [3.8, 4) is 5.75 Å². The summed E-state index contributed by atoms with van der Waals surface area (Å²) in [7, 11) is 0. The summed E-state index contributed by atoms with van der Waals surface area (Å²) in [5.74, 6) is 0.117. The van der Waals surface area contributed by atoms with Crippen LogP contribution in [0.3, 0.4) is 0 Å². The third-order valence-electron chi connectivity index (χ3n) is 2.84. The lowest BCUT2D eigenvalue weighted by atomic mass is 10.1. The Morgan fingerprint density at radius 3 is 2.32 bits per heavy atom. The van der Waals surface area contributed by atoms with Gasteiger partial charge in [-0.1, -0.05) is 41.4 Å². The van der Waals surface area contributed by atoms with Gasteiger partial charge in [0, 0.05) is 11.6 Å². The first kappa shape index (κ1) is 14.2. The van der Waals surface area contributed by atoms with Crippen molar-refractivity contribution < 1.29 is 5.11 Å². The number of benzene rings is 2. The topological polar surface area (TPSA) is 32.3 Å². The van der Waals surface area contributed by atoms with E-state index >= 15 is 0 Å². The number of halogens is 2. The van der Waals surface area contributed by atoms with E-state index in [9.17, 15) is 5.11 Å². The summed E-state index contributed by atoms with van der Waals surface area (Å²) < 4.78 is 0. The molecule has 0 unspecified atom stereocenters. The summed E-state index contributed by atoms with van der Waals surface area (Å²) in [5, 5.41) is 13.8. The van der Waals surface area contributed by atoms with Crippen molar-refractivity contribution in [3.05, 3.63) is 63.6 Å². The fourth-order valence-electron chi connectivity index (χ4n) is 1.78. The standard InChI is InChI=1S/C15H15Cl2NO/c16-13-4-1-11(2-5-13)7-8-18-10-12-3-6-15(19)14(17)9-12/h1-6,9,18-19H,7-8,10H2. The molecule has 0 radical (unpaired) electrons. The Balaban J connectivity index is 1.77. The van der Waals surface area contributed by atoms with Gasteiger partial charge in [0.15, 0.2) is 0 Å². The Morgan fingerprint density at radius 2 is 1.63 bits per heavy atom. The molecule has 0 atom stereocenters. The summed E-state index contributed by atoms with van der Waals surface area (Å²) in [6.45, 7) is 1.60. The van der Waals surface area contributed by atoms with Gasteiger partial charge in [0.1, 0.15) is 5.75 Å². The van der Waals surface area contributed by atoms with E-state index in [-0.39, 0.29) is 5.75 Å². The highest BCUT2D eigenvalue weighted by atomic mass is 35.5. The van der Waals surface area contributed by atoms with Crippen LogP contribution in [0.15, 0.2) is 42.5 Å². The highest BCUT2D eigenvalue weighted by Gasteiger charge is 2.00. The van der Waals surface area contributed by atoms with Crippen LogP contribution in [0, 0.1) is 0 Å². The molecule has 0 spiro atoms. The van der Waals surface area contributed by atoms with Crippen LogP contribution in [-0.4, -0.2) is 11.7 Å². The van der Waals surface area contributed by atoms with Gasteiger partial charge in [-0.3, -0.25) is 0 Å². The van der Waals surface area contributed by atoms with Crippen LogP contribution >= 0.6 is 23.2 Å². The molecule has 0 aliphatic carbocycles. The second-order valence-corrected chi connectivity index (χ2v) is 5.18. The molecule has 0 bridgehead atoms. The van der Waals surface area contributed by atoms with Crippen molar-refractivity contribution >= 4 is 23.2 Å². The largest absolute Gasteiger partial charge is 0.506 e. The monoisotopic (exact) mass is 295 g/mol. The average Bonchev–Trinajstić information content (AvgIpc) is 2.41. The minimum absolute atomic E-state index is 0.117. The Hall–Kier alpha value is -1.22. The van der Waals surface area contributed by atoms with E-state index in [2.05, 4.69) is 5.32 Å².